The molecule has 0 aromatic carbocycles. The second-order valence-electron chi connectivity index (χ2n) is 3.55. The summed E-state index contributed by atoms with van der Waals surface area (Å²) in [5.74, 6) is 0.643. The van der Waals surface area contributed by atoms with Gasteiger partial charge in [-0.15, -0.1) is 11.6 Å². The van der Waals surface area contributed by atoms with Crippen molar-refractivity contribution in [1.82, 2.24) is 0 Å². The van der Waals surface area contributed by atoms with Crippen LogP contribution in [0.4, 0.5) is 0 Å². The molecule has 2 atom stereocenters. The number of halogens is 1. The van der Waals surface area contributed by atoms with Crippen LogP contribution < -0.4 is 0 Å². The maximum Gasteiger partial charge on any atom is 0.105 e. The fraction of sp³-hybridized carbons (Fsp3) is 1.00. The molecule has 1 saturated heterocycles. The summed E-state index contributed by atoms with van der Waals surface area (Å²) in [6.07, 6.45) is 5.53. The molecule has 66 valence electrons. The van der Waals surface area contributed by atoms with Gasteiger partial charge in [-0.3, -0.25) is 0 Å². The molecule has 0 spiro atoms. The van der Waals surface area contributed by atoms with Gasteiger partial charge in [-0.25, -0.2) is 0 Å². The zero-order chi connectivity index (χ0) is 8.32. The lowest BCUT2D eigenvalue weighted by atomic mass is 10.0. The molecule has 1 rings (SSSR count). The van der Waals surface area contributed by atoms with Crippen LogP contribution >= 0.6 is 11.6 Å². The molecule has 0 amide bonds. The van der Waals surface area contributed by atoms with Gasteiger partial charge in [-0.05, 0) is 13.3 Å². The summed E-state index contributed by atoms with van der Waals surface area (Å²) in [4.78, 5) is 0. The van der Waals surface area contributed by atoms with Crippen LogP contribution in [0.25, 0.3) is 0 Å². The molecule has 1 fully saturated rings. The van der Waals surface area contributed by atoms with Crippen LogP contribution in [0.15, 0.2) is 0 Å². The fourth-order valence-corrected chi connectivity index (χ4v) is 1.59. The van der Waals surface area contributed by atoms with Crippen molar-refractivity contribution in [3.05, 3.63) is 0 Å². The molecule has 2 heteroatoms. The summed E-state index contributed by atoms with van der Waals surface area (Å²) in [6, 6.07) is 0. The number of rotatable bonds is 5. The Bertz CT molecular complexity index is 127. The van der Waals surface area contributed by atoms with E-state index in [9.17, 15) is 0 Å². The molecule has 1 aliphatic rings. The van der Waals surface area contributed by atoms with Crippen molar-refractivity contribution in [1.29, 1.82) is 0 Å². The molecule has 1 heterocycles. The Balaban J connectivity index is 2.04. The van der Waals surface area contributed by atoms with Gasteiger partial charge in [0.1, 0.15) is 5.60 Å². The van der Waals surface area contributed by atoms with Gasteiger partial charge in [-0.1, -0.05) is 26.2 Å². The summed E-state index contributed by atoms with van der Waals surface area (Å²) >= 11 is 5.72. The van der Waals surface area contributed by atoms with Gasteiger partial charge < -0.3 is 4.74 Å². The first kappa shape index (κ1) is 9.34. The van der Waals surface area contributed by atoms with Crippen molar-refractivity contribution in [2.75, 3.05) is 5.88 Å². The number of unbranched alkanes of at least 4 members (excludes halogenated alkanes) is 2. The molecular weight excluding hydrogens is 160 g/mol. The summed E-state index contributed by atoms with van der Waals surface area (Å²) < 4.78 is 5.47. The summed E-state index contributed by atoms with van der Waals surface area (Å²) in [5.41, 5.74) is 0.0231. The molecule has 0 radical (unpaired) electrons. The topological polar surface area (TPSA) is 12.5 Å². The van der Waals surface area contributed by atoms with Gasteiger partial charge in [0.15, 0.2) is 0 Å². The van der Waals surface area contributed by atoms with Gasteiger partial charge in [0, 0.05) is 0 Å². The quantitative estimate of drug-likeness (QED) is 0.357. The van der Waals surface area contributed by atoms with E-state index in [1.54, 1.807) is 0 Å². The van der Waals surface area contributed by atoms with Crippen LogP contribution in [0.2, 0.25) is 0 Å². The second-order valence-corrected chi connectivity index (χ2v) is 3.82. The zero-order valence-corrected chi connectivity index (χ0v) is 8.16. The first-order valence-corrected chi connectivity index (χ1v) is 5.00. The van der Waals surface area contributed by atoms with Gasteiger partial charge >= 0.3 is 0 Å². The van der Waals surface area contributed by atoms with Crippen molar-refractivity contribution in [3.8, 4) is 0 Å². The van der Waals surface area contributed by atoms with Gasteiger partial charge in [0.25, 0.3) is 0 Å². The molecule has 0 saturated carbocycles. The number of hydrogen-bond acceptors (Lipinski definition) is 1. The van der Waals surface area contributed by atoms with Crippen LogP contribution in [-0.2, 0) is 4.74 Å². The lowest BCUT2D eigenvalue weighted by molar-refractivity contribution is 0.320. The Hall–Kier alpha value is 0.250. The molecule has 0 aromatic rings. The lowest BCUT2D eigenvalue weighted by Gasteiger charge is -1.98. The molecule has 2 unspecified atom stereocenters. The smallest absolute Gasteiger partial charge is 0.105 e. The van der Waals surface area contributed by atoms with E-state index in [0.717, 1.165) is 0 Å². The van der Waals surface area contributed by atoms with E-state index in [1.807, 2.05) is 0 Å². The van der Waals surface area contributed by atoms with E-state index >= 15 is 0 Å². The molecule has 0 bridgehead atoms. The minimum Gasteiger partial charge on any atom is -0.365 e. The van der Waals surface area contributed by atoms with Crippen LogP contribution in [0, 0.1) is 0 Å². The van der Waals surface area contributed by atoms with Crippen molar-refractivity contribution < 1.29 is 4.74 Å². The first-order valence-electron chi connectivity index (χ1n) is 4.46. The van der Waals surface area contributed by atoms with E-state index in [0.29, 0.717) is 12.0 Å². The minimum absolute atomic E-state index is 0.0231. The van der Waals surface area contributed by atoms with Crippen molar-refractivity contribution in [2.45, 2.75) is 51.2 Å². The van der Waals surface area contributed by atoms with Crippen molar-refractivity contribution >= 4 is 11.6 Å². The summed E-state index contributed by atoms with van der Waals surface area (Å²) in [7, 11) is 0. The molecule has 0 aromatic heterocycles. The van der Waals surface area contributed by atoms with E-state index in [2.05, 4.69) is 13.8 Å². The Kier molecular flexibility index (Phi) is 3.20. The zero-order valence-electron chi connectivity index (χ0n) is 7.40. The van der Waals surface area contributed by atoms with E-state index in [1.165, 1.54) is 25.7 Å². The van der Waals surface area contributed by atoms with Crippen molar-refractivity contribution in [3.63, 3.8) is 0 Å². The first-order chi connectivity index (χ1) is 5.23. The van der Waals surface area contributed by atoms with E-state index in [-0.39, 0.29) is 5.60 Å². The van der Waals surface area contributed by atoms with Gasteiger partial charge in [0.2, 0.25) is 0 Å². The highest BCUT2D eigenvalue weighted by Gasteiger charge is 2.50. The lowest BCUT2D eigenvalue weighted by Crippen LogP contribution is -2.11. The average Bonchev–Trinajstić information content (AvgIpc) is 2.64. The highest BCUT2D eigenvalue weighted by atomic mass is 35.5. The van der Waals surface area contributed by atoms with Gasteiger partial charge in [0.05, 0.1) is 12.0 Å². The number of alkyl halides is 1. The maximum absolute atomic E-state index is 5.72. The molecule has 1 nitrogen and oxygen atoms in total. The number of hydrogen-bond donors (Lipinski definition) is 0. The third-order valence-corrected chi connectivity index (χ3v) is 2.90. The van der Waals surface area contributed by atoms with Crippen LogP contribution in [0.3, 0.4) is 0 Å². The number of ether oxygens (including phenoxy) is 1. The Morgan fingerprint density at radius 1 is 1.45 bits per heavy atom. The average molecular weight is 177 g/mol. The monoisotopic (exact) mass is 176 g/mol. The van der Waals surface area contributed by atoms with E-state index in [4.69, 9.17) is 16.3 Å². The maximum atomic E-state index is 5.72. The normalized spacial score (nSPS) is 35.7. The predicted molar refractivity (Wildman–Crippen MR) is 48.1 cm³/mol. The molecular formula is C9H17ClO. The predicted octanol–water partition coefficient (Wildman–Crippen LogP) is 2.96. The number of epoxide rings is 1. The van der Waals surface area contributed by atoms with Crippen molar-refractivity contribution in [2.24, 2.45) is 0 Å². The Morgan fingerprint density at radius 2 is 2.18 bits per heavy atom. The van der Waals surface area contributed by atoms with E-state index < -0.39 is 0 Å². The highest BCUT2D eigenvalue weighted by molar-refractivity contribution is 6.18. The molecule has 1 aliphatic heterocycles. The SMILES string of the molecule is CCCCCC1OC1(C)CCl. The molecule has 11 heavy (non-hydrogen) atoms. The van der Waals surface area contributed by atoms with Crippen LogP contribution in [0.5, 0.6) is 0 Å². The van der Waals surface area contributed by atoms with Gasteiger partial charge in [-0.2, -0.15) is 0 Å². The third kappa shape index (κ3) is 2.34. The van der Waals surface area contributed by atoms with Crippen LogP contribution in [-0.4, -0.2) is 17.6 Å². The molecule has 0 N–H and O–H groups in total. The third-order valence-electron chi connectivity index (χ3n) is 2.37. The fourth-order valence-electron chi connectivity index (χ4n) is 1.35. The Labute approximate surface area is 74.1 Å². The second kappa shape index (κ2) is 3.77. The standard InChI is InChI=1S/C9H17ClO/c1-3-4-5-6-8-9(2,7-10)11-8/h8H,3-7H2,1-2H3. The van der Waals surface area contributed by atoms with Crippen LogP contribution in [0.1, 0.15) is 39.5 Å². The molecule has 0 aliphatic carbocycles. The Morgan fingerprint density at radius 3 is 2.64 bits per heavy atom. The largest absolute Gasteiger partial charge is 0.365 e. The summed E-state index contributed by atoms with van der Waals surface area (Å²) in [6.45, 7) is 4.31. The minimum atomic E-state index is 0.0231. The highest BCUT2D eigenvalue weighted by Crippen LogP contribution is 2.40. The summed E-state index contributed by atoms with van der Waals surface area (Å²) in [5, 5.41) is 0.